The number of hydrazine groups is 1. The van der Waals surface area contributed by atoms with E-state index in [2.05, 4.69) is 18.4 Å². The van der Waals surface area contributed by atoms with Crippen LogP contribution in [0.4, 0.5) is 0 Å². The van der Waals surface area contributed by atoms with Crippen LogP contribution in [0.2, 0.25) is 4.34 Å². The van der Waals surface area contributed by atoms with Gasteiger partial charge in [0.2, 0.25) is 0 Å². The maximum atomic E-state index is 5.96. The van der Waals surface area contributed by atoms with Gasteiger partial charge in [-0.05, 0) is 43.2 Å². The third-order valence-electron chi connectivity index (χ3n) is 3.89. The summed E-state index contributed by atoms with van der Waals surface area (Å²) < 4.78 is 0.869. The predicted octanol–water partition coefficient (Wildman–Crippen LogP) is 3.60. The van der Waals surface area contributed by atoms with Crippen molar-refractivity contribution in [3.05, 3.63) is 21.3 Å². The molecule has 0 saturated heterocycles. The van der Waals surface area contributed by atoms with E-state index in [4.69, 9.17) is 17.4 Å². The minimum atomic E-state index is 0.400. The van der Waals surface area contributed by atoms with E-state index in [1.807, 2.05) is 6.07 Å². The molecule has 0 bridgehead atoms. The van der Waals surface area contributed by atoms with Crippen LogP contribution in [-0.4, -0.2) is 6.04 Å². The first-order valence-corrected chi connectivity index (χ1v) is 7.59. The second kappa shape index (κ2) is 6.19. The van der Waals surface area contributed by atoms with E-state index in [-0.39, 0.29) is 0 Å². The maximum Gasteiger partial charge on any atom is 0.0931 e. The fourth-order valence-electron chi connectivity index (χ4n) is 2.73. The van der Waals surface area contributed by atoms with Crippen LogP contribution in [0.1, 0.15) is 37.5 Å². The van der Waals surface area contributed by atoms with Gasteiger partial charge in [0, 0.05) is 10.9 Å². The number of nitrogens with one attached hydrogen (secondary N) is 1. The summed E-state index contributed by atoms with van der Waals surface area (Å²) in [5.74, 6) is 7.32. The molecule has 0 amide bonds. The summed E-state index contributed by atoms with van der Waals surface area (Å²) in [7, 11) is 0. The molecule has 1 saturated carbocycles. The third-order valence-corrected chi connectivity index (χ3v) is 5.15. The molecule has 0 aromatic carbocycles. The molecule has 17 heavy (non-hydrogen) atoms. The lowest BCUT2D eigenvalue weighted by atomic mass is 9.78. The Balaban J connectivity index is 1.92. The summed E-state index contributed by atoms with van der Waals surface area (Å²) in [4.78, 5) is 1.33. The monoisotopic (exact) mass is 272 g/mol. The van der Waals surface area contributed by atoms with Crippen LogP contribution < -0.4 is 11.3 Å². The summed E-state index contributed by atoms with van der Waals surface area (Å²) in [6, 6.07) is 4.48. The van der Waals surface area contributed by atoms with Crippen molar-refractivity contribution in [2.75, 3.05) is 0 Å². The minimum Gasteiger partial charge on any atom is -0.271 e. The van der Waals surface area contributed by atoms with Gasteiger partial charge in [-0.25, -0.2) is 0 Å². The van der Waals surface area contributed by atoms with Gasteiger partial charge < -0.3 is 0 Å². The Morgan fingerprint density at radius 2 is 2.12 bits per heavy atom. The zero-order valence-electron chi connectivity index (χ0n) is 10.3. The van der Waals surface area contributed by atoms with Crippen molar-refractivity contribution in [3.63, 3.8) is 0 Å². The average molecular weight is 273 g/mol. The van der Waals surface area contributed by atoms with Gasteiger partial charge in [-0.2, -0.15) is 0 Å². The first-order valence-electron chi connectivity index (χ1n) is 6.39. The standard InChI is InChI=1S/C13H21ClN2S/c1-9-2-4-10(5-3-9)12(16-15)8-11-6-7-13(14)17-11/h6-7,9-10,12,16H,2-5,8,15H2,1H3. The lowest BCUT2D eigenvalue weighted by molar-refractivity contribution is 0.230. The molecule has 2 rings (SSSR count). The summed E-state index contributed by atoms with van der Waals surface area (Å²) in [5.41, 5.74) is 3.01. The number of rotatable bonds is 4. The van der Waals surface area contributed by atoms with Crippen LogP contribution in [0.15, 0.2) is 12.1 Å². The Morgan fingerprint density at radius 1 is 1.41 bits per heavy atom. The molecule has 1 aromatic heterocycles. The van der Waals surface area contributed by atoms with Crippen LogP contribution in [0.5, 0.6) is 0 Å². The molecule has 4 heteroatoms. The van der Waals surface area contributed by atoms with Gasteiger partial charge in [0.25, 0.3) is 0 Å². The molecule has 1 aromatic rings. The van der Waals surface area contributed by atoms with E-state index in [1.54, 1.807) is 11.3 Å². The van der Waals surface area contributed by atoms with Crippen molar-refractivity contribution in [2.24, 2.45) is 17.7 Å². The van der Waals surface area contributed by atoms with Crippen LogP contribution >= 0.6 is 22.9 Å². The van der Waals surface area contributed by atoms with E-state index in [1.165, 1.54) is 30.6 Å². The summed E-state index contributed by atoms with van der Waals surface area (Å²) >= 11 is 7.62. The summed E-state index contributed by atoms with van der Waals surface area (Å²) in [6.07, 6.45) is 6.29. The molecule has 96 valence electrons. The fourth-order valence-corrected chi connectivity index (χ4v) is 3.87. The molecular weight excluding hydrogens is 252 g/mol. The molecule has 2 nitrogen and oxygen atoms in total. The Hall–Kier alpha value is -0.0900. The zero-order chi connectivity index (χ0) is 12.3. The fraction of sp³-hybridized carbons (Fsp3) is 0.692. The Labute approximate surface area is 113 Å². The van der Waals surface area contributed by atoms with Gasteiger partial charge in [0.05, 0.1) is 4.34 Å². The van der Waals surface area contributed by atoms with Crippen molar-refractivity contribution in [2.45, 2.75) is 45.1 Å². The van der Waals surface area contributed by atoms with Gasteiger partial charge >= 0.3 is 0 Å². The summed E-state index contributed by atoms with van der Waals surface area (Å²) in [5, 5.41) is 0. The molecule has 0 aliphatic heterocycles. The van der Waals surface area contributed by atoms with Crippen LogP contribution in [0.3, 0.4) is 0 Å². The first-order chi connectivity index (χ1) is 8.19. The smallest absolute Gasteiger partial charge is 0.0931 e. The molecule has 1 unspecified atom stereocenters. The lowest BCUT2D eigenvalue weighted by Gasteiger charge is -2.32. The molecule has 1 fully saturated rings. The molecule has 0 spiro atoms. The molecule has 1 aliphatic carbocycles. The summed E-state index contributed by atoms with van der Waals surface area (Å²) in [6.45, 7) is 2.35. The van der Waals surface area contributed by atoms with Crippen molar-refractivity contribution in [3.8, 4) is 0 Å². The highest BCUT2D eigenvalue weighted by atomic mass is 35.5. The Kier molecular flexibility index (Phi) is 4.86. The van der Waals surface area contributed by atoms with E-state index in [9.17, 15) is 0 Å². The number of hydrogen-bond acceptors (Lipinski definition) is 3. The quantitative estimate of drug-likeness (QED) is 0.649. The first kappa shape index (κ1) is 13.3. The second-order valence-electron chi connectivity index (χ2n) is 5.20. The number of thiophene rings is 1. The van der Waals surface area contributed by atoms with E-state index >= 15 is 0 Å². The zero-order valence-corrected chi connectivity index (χ0v) is 11.9. The number of halogens is 1. The predicted molar refractivity (Wildman–Crippen MR) is 75.3 cm³/mol. The highest BCUT2D eigenvalue weighted by molar-refractivity contribution is 7.16. The van der Waals surface area contributed by atoms with Crippen molar-refractivity contribution in [1.29, 1.82) is 0 Å². The van der Waals surface area contributed by atoms with Crippen LogP contribution in [-0.2, 0) is 6.42 Å². The van der Waals surface area contributed by atoms with Gasteiger partial charge in [0.15, 0.2) is 0 Å². The molecule has 1 atom stereocenters. The molecule has 3 N–H and O–H groups in total. The third kappa shape index (κ3) is 3.68. The number of nitrogens with two attached hydrogens (primary N) is 1. The highest BCUT2D eigenvalue weighted by Crippen LogP contribution is 2.32. The largest absolute Gasteiger partial charge is 0.271 e. The number of hydrogen-bond donors (Lipinski definition) is 2. The van der Waals surface area contributed by atoms with Crippen molar-refractivity contribution in [1.82, 2.24) is 5.43 Å². The van der Waals surface area contributed by atoms with Gasteiger partial charge in [-0.1, -0.05) is 31.4 Å². The molecule has 1 aliphatic rings. The van der Waals surface area contributed by atoms with Gasteiger partial charge in [-0.15, -0.1) is 11.3 Å². The molecular formula is C13H21ClN2S. The Morgan fingerprint density at radius 3 is 2.65 bits per heavy atom. The lowest BCUT2D eigenvalue weighted by Crippen LogP contribution is -2.43. The second-order valence-corrected chi connectivity index (χ2v) is 7.00. The van der Waals surface area contributed by atoms with Crippen molar-refractivity contribution >= 4 is 22.9 Å². The van der Waals surface area contributed by atoms with Crippen molar-refractivity contribution < 1.29 is 0 Å². The molecule has 1 heterocycles. The van der Waals surface area contributed by atoms with E-state index in [0.29, 0.717) is 6.04 Å². The van der Waals surface area contributed by atoms with E-state index < -0.39 is 0 Å². The maximum absolute atomic E-state index is 5.96. The highest BCUT2D eigenvalue weighted by Gasteiger charge is 2.25. The average Bonchev–Trinajstić information content (AvgIpc) is 2.73. The topological polar surface area (TPSA) is 38.0 Å². The Bertz CT molecular complexity index is 345. The minimum absolute atomic E-state index is 0.400. The van der Waals surface area contributed by atoms with Crippen LogP contribution in [0.25, 0.3) is 0 Å². The normalized spacial score (nSPS) is 27.0. The van der Waals surface area contributed by atoms with E-state index in [0.717, 1.165) is 22.6 Å². The van der Waals surface area contributed by atoms with Gasteiger partial charge in [0.1, 0.15) is 0 Å². The van der Waals surface area contributed by atoms with Gasteiger partial charge in [-0.3, -0.25) is 11.3 Å². The van der Waals surface area contributed by atoms with Crippen LogP contribution in [0, 0.1) is 11.8 Å². The SMILES string of the molecule is CC1CCC(C(Cc2ccc(Cl)s2)NN)CC1. The molecule has 0 radical (unpaired) electrons.